The van der Waals surface area contributed by atoms with Crippen molar-refractivity contribution in [3.05, 3.63) is 22.4 Å². The monoisotopic (exact) mass is 736 g/mol. The summed E-state index contributed by atoms with van der Waals surface area (Å²) < 4.78 is 11.8. The van der Waals surface area contributed by atoms with Gasteiger partial charge in [-0.25, -0.2) is 4.79 Å². The Hall–Kier alpha value is -2.87. The third kappa shape index (κ3) is 11.8. The van der Waals surface area contributed by atoms with E-state index in [1.165, 1.54) is 18.4 Å². The summed E-state index contributed by atoms with van der Waals surface area (Å²) in [5, 5.41) is 17.4. The second kappa shape index (κ2) is 21.0. The van der Waals surface area contributed by atoms with Crippen LogP contribution in [0.25, 0.3) is 0 Å². The Balaban J connectivity index is 2.26. The standard InChI is InChI=1S/C38H64N4O8S/c1-12-24(6)34(41(9)37(46)27(22(2)3)20-30(43)33(39-8)23(4)5)31(49-10)21-32(44)42-17-13-16-29(42)35(50-11)25(7)36(45)40-28(38(47)48)19-26-15-14-18-51-26/h14-15,18,22-25,27-29,31,33-35,39H,12-13,16-17,19-21H2,1-11H3,(H,40,45)(H,47,48)/t24-,25+,27-,28-,29-,31+,33-,34-,35+/m0/s1. The first kappa shape index (κ1) is 44.3. The topological polar surface area (TPSA) is 155 Å². The van der Waals surface area contributed by atoms with E-state index in [-0.39, 0.29) is 60.7 Å². The highest BCUT2D eigenvalue weighted by Crippen LogP contribution is 2.31. The maximum Gasteiger partial charge on any atom is 0.326 e. The number of likely N-dealkylation sites (N-methyl/N-ethyl adjacent to an activating group) is 2. The third-order valence-electron chi connectivity index (χ3n) is 10.7. The minimum atomic E-state index is -1.12. The average Bonchev–Trinajstić information content (AvgIpc) is 3.79. The van der Waals surface area contributed by atoms with E-state index >= 15 is 0 Å². The van der Waals surface area contributed by atoms with Crippen molar-refractivity contribution in [2.75, 3.05) is 34.9 Å². The van der Waals surface area contributed by atoms with Crippen molar-refractivity contribution in [3.63, 3.8) is 0 Å². The van der Waals surface area contributed by atoms with Crippen LogP contribution in [-0.2, 0) is 39.9 Å². The van der Waals surface area contributed by atoms with Gasteiger partial charge in [0.2, 0.25) is 17.7 Å². The number of amides is 3. The lowest BCUT2D eigenvalue weighted by atomic mass is 9.84. The van der Waals surface area contributed by atoms with Gasteiger partial charge in [0.1, 0.15) is 6.04 Å². The molecule has 3 amide bonds. The van der Waals surface area contributed by atoms with Crippen LogP contribution in [0.15, 0.2) is 17.5 Å². The number of carbonyl (C=O) groups is 5. The molecule has 1 aromatic rings. The number of nitrogens with zero attached hydrogens (tertiary/aromatic N) is 2. The van der Waals surface area contributed by atoms with Crippen LogP contribution in [0.4, 0.5) is 0 Å². The summed E-state index contributed by atoms with van der Waals surface area (Å²) in [7, 11) is 6.56. The minimum absolute atomic E-state index is 0.00295. The molecule has 13 heteroatoms. The molecule has 1 aliphatic rings. The number of carbonyl (C=O) groups excluding carboxylic acids is 4. The second-order valence-corrected chi connectivity index (χ2v) is 15.8. The minimum Gasteiger partial charge on any atom is -0.480 e. The molecule has 2 rings (SSSR count). The highest BCUT2D eigenvalue weighted by Gasteiger charge is 2.43. The number of carboxylic acid groups (broad SMARTS) is 1. The van der Waals surface area contributed by atoms with E-state index in [1.54, 1.807) is 37.9 Å². The van der Waals surface area contributed by atoms with Crippen molar-refractivity contribution in [1.82, 2.24) is 20.4 Å². The van der Waals surface area contributed by atoms with Crippen molar-refractivity contribution in [1.29, 1.82) is 0 Å². The molecular formula is C38H64N4O8S. The van der Waals surface area contributed by atoms with Gasteiger partial charge in [-0.15, -0.1) is 11.3 Å². The van der Waals surface area contributed by atoms with Gasteiger partial charge in [0.05, 0.1) is 42.7 Å². The third-order valence-corrected chi connectivity index (χ3v) is 11.6. The van der Waals surface area contributed by atoms with Gasteiger partial charge in [0, 0.05) is 51.4 Å². The van der Waals surface area contributed by atoms with Gasteiger partial charge < -0.3 is 35.0 Å². The van der Waals surface area contributed by atoms with Crippen LogP contribution < -0.4 is 10.6 Å². The van der Waals surface area contributed by atoms with Crippen LogP contribution >= 0.6 is 11.3 Å². The Labute approximate surface area is 309 Å². The fourth-order valence-electron chi connectivity index (χ4n) is 7.52. The molecule has 12 nitrogen and oxygen atoms in total. The molecule has 0 radical (unpaired) electrons. The number of aliphatic carboxylic acids is 1. The van der Waals surface area contributed by atoms with Crippen LogP contribution in [0.3, 0.4) is 0 Å². The van der Waals surface area contributed by atoms with Gasteiger partial charge in [-0.2, -0.15) is 0 Å². The normalized spacial score (nSPS) is 19.5. The number of thiophene rings is 1. The van der Waals surface area contributed by atoms with Crippen molar-refractivity contribution in [2.24, 2.45) is 29.6 Å². The first-order valence-corrected chi connectivity index (χ1v) is 19.3. The molecule has 0 spiro atoms. The fourth-order valence-corrected chi connectivity index (χ4v) is 8.27. The number of likely N-dealkylation sites (tertiary alicyclic amines) is 1. The van der Waals surface area contributed by atoms with E-state index in [0.717, 1.165) is 17.7 Å². The lowest BCUT2D eigenvalue weighted by Gasteiger charge is -2.41. The molecule has 290 valence electrons. The van der Waals surface area contributed by atoms with E-state index in [4.69, 9.17) is 9.47 Å². The molecule has 2 heterocycles. The summed E-state index contributed by atoms with van der Waals surface area (Å²) in [4.78, 5) is 71.2. The molecule has 1 aromatic heterocycles. The summed E-state index contributed by atoms with van der Waals surface area (Å²) in [6, 6.07) is 1.40. The quantitative estimate of drug-likeness (QED) is 0.159. The molecule has 0 unspecified atom stereocenters. The van der Waals surface area contributed by atoms with Gasteiger partial charge >= 0.3 is 5.97 Å². The zero-order valence-electron chi connectivity index (χ0n) is 32.6. The van der Waals surface area contributed by atoms with E-state index in [1.807, 2.05) is 59.1 Å². The van der Waals surface area contributed by atoms with Crippen molar-refractivity contribution >= 4 is 40.8 Å². The number of ketones is 1. The zero-order chi connectivity index (χ0) is 38.6. The van der Waals surface area contributed by atoms with Gasteiger partial charge in [-0.1, -0.05) is 61.0 Å². The first-order valence-electron chi connectivity index (χ1n) is 18.4. The number of methoxy groups -OCH3 is 2. The largest absolute Gasteiger partial charge is 0.480 e. The van der Waals surface area contributed by atoms with Gasteiger partial charge in [-0.3, -0.25) is 19.2 Å². The van der Waals surface area contributed by atoms with E-state index in [9.17, 15) is 29.1 Å². The second-order valence-electron chi connectivity index (χ2n) is 14.8. The molecular weight excluding hydrogens is 673 g/mol. The molecule has 0 aromatic carbocycles. The molecule has 0 bridgehead atoms. The Morgan fingerprint density at radius 3 is 2.20 bits per heavy atom. The summed E-state index contributed by atoms with van der Waals surface area (Å²) in [6.07, 6.45) is 1.10. The van der Waals surface area contributed by atoms with Gasteiger partial charge in [0.25, 0.3) is 0 Å². The number of hydrogen-bond donors (Lipinski definition) is 3. The number of nitrogens with one attached hydrogen (secondary N) is 2. The predicted octanol–water partition coefficient (Wildman–Crippen LogP) is 4.26. The lowest BCUT2D eigenvalue weighted by Crippen LogP contribution is -2.55. The Bertz CT molecular complexity index is 1270. The van der Waals surface area contributed by atoms with Crippen LogP contribution in [0.2, 0.25) is 0 Å². The maximum atomic E-state index is 14.2. The molecule has 1 fully saturated rings. The molecule has 3 N–H and O–H groups in total. The molecule has 1 saturated heterocycles. The SMILES string of the molecule is CC[C@H](C)[C@@H]([C@@H](CC(=O)N1CCC[C@H]1[C@H](OC)[C@@H](C)C(=O)N[C@@H](Cc1cccs1)C(=O)O)OC)N(C)C(=O)[C@@H](CC(=O)[C@@H](NC)C(C)C)C(C)C. The molecule has 9 atom stereocenters. The van der Waals surface area contributed by atoms with Crippen molar-refractivity contribution < 1.29 is 38.6 Å². The van der Waals surface area contributed by atoms with Crippen LogP contribution in [-0.4, -0.2) is 116 Å². The molecule has 51 heavy (non-hydrogen) atoms. The summed E-state index contributed by atoms with van der Waals surface area (Å²) >= 11 is 1.43. The number of carboxylic acids is 1. The fraction of sp³-hybridized carbons (Fsp3) is 0.763. The average molecular weight is 737 g/mol. The number of rotatable bonds is 22. The molecule has 1 aliphatic heterocycles. The van der Waals surface area contributed by atoms with Gasteiger partial charge in [0.15, 0.2) is 5.78 Å². The van der Waals surface area contributed by atoms with Crippen LogP contribution in [0.5, 0.6) is 0 Å². The lowest BCUT2D eigenvalue weighted by molar-refractivity contribution is -0.149. The van der Waals surface area contributed by atoms with Gasteiger partial charge in [-0.05, 0) is 49.1 Å². The van der Waals surface area contributed by atoms with Crippen molar-refractivity contribution in [2.45, 2.75) is 123 Å². The smallest absolute Gasteiger partial charge is 0.326 e. The van der Waals surface area contributed by atoms with Crippen LogP contribution in [0, 0.1) is 29.6 Å². The summed E-state index contributed by atoms with van der Waals surface area (Å²) in [5.74, 6) is -3.15. The van der Waals surface area contributed by atoms with E-state index in [0.29, 0.717) is 13.0 Å². The number of hydrogen-bond acceptors (Lipinski definition) is 9. The predicted molar refractivity (Wildman–Crippen MR) is 199 cm³/mol. The highest BCUT2D eigenvalue weighted by atomic mass is 32.1. The summed E-state index contributed by atoms with van der Waals surface area (Å²) in [6.45, 7) is 14.1. The number of Topliss-reactive ketones (excluding diaryl/α,β-unsaturated/α-hetero) is 1. The molecule has 0 saturated carbocycles. The maximum absolute atomic E-state index is 14.2. The highest BCUT2D eigenvalue weighted by molar-refractivity contribution is 7.09. The van der Waals surface area contributed by atoms with Crippen LogP contribution in [0.1, 0.15) is 85.4 Å². The zero-order valence-corrected chi connectivity index (χ0v) is 33.5. The van der Waals surface area contributed by atoms with E-state index in [2.05, 4.69) is 10.6 Å². The Morgan fingerprint density at radius 2 is 1.71 bits per heavy atom. The Morgan fingerprint density at radius 1 is 1.04 bits per heavy atom. The first-order chi connectivity index (χ1) is 24.0. The Kier molecular flexibility index (Phi) is 18.2. The number of ether oxygens (including phenoxy) is 2. The summed E-state index contributed by atoms with van der Waals surface area (Å²) in [5.41, 5.74) is 0. The molecule has 0 aliphatic carbocycles. The van der Waals surface area contributed by atoms with Crippen molar-refractivity contribution in [3.8, 4) is 0 Å². The van der Waals surface area contributed by atoms with E-state index < -0.39 is 54.0 Å².